The van der Waals surface area contributed by atoms with Crippen molar-refractivity contribution < 1.29 is 9.18 Å². The molecule has 0 unspecified atom stereocenters. The van der Waals surface area contributed by atoms with Gasteiger partial charge in [-0.25, -0.2) is 4.39 Å². The lowest BCUT2D eigenvalue weighted by Gasteiger charge is -2.16. The molecule has 104 valence electrons. The molecule has 20 heavy (non-hydrogen) atoms. The summed E-state index contributed by atoms with van der Waals surface area (Å²) in [6, 6.07) is 11.6. The van der Waals surface area contributed by atoms with Gasteiger partial charge < -0.3 is 11.1 Å². The number of anilines is 1. The van der Waals surface area contributed by atoms with Crippen molar-refractivity contribution in [3.05, 3.63) is 63.9 Å². The normalized spacial score (nSPS) is 11.9. The van der Waals surface area contributed by atoms with Crippen LogP contribution in [0.15, 0.2) is 46.9 Å². The van der Waals surface area contributed by atoms with E-state index in [9.17, 15) is 9.18 Å². The van der Waals surface area contributed by atoms with E-state index in [4.69, 9.17) is 5.73 Å². The van der Waals surface area contributed by atoms with Crippen LogP contribution in [0.4, 0.5) is 10.1 Å². The van der Waals surface area contributed by atoms with Gasteiger partial charge in [0.2, 0.25) is 0 Å². The molecule has 0 aromatic heterocycles. The molecule has 3 N–H and O–H groups in total. The van der Waals surface area contributed by atoms with Gasteiger partial charge in [-0.2, -0.15) is 0 Å². The number of hydrogen-bond donors (Lipinski definition) is 2. The molecule has 0 heterocycles. The van der Waals surface area contributed by atoms with E-state index in [1.165, 1.54) is 18.2 Å². The molecule has 2 rings (SSSR count). The van der Waals surface area contributed by atoms with E-state index >= 15 is 0 Å². The quantitative estimate of drug-likeness (QED) is 0.840. The van der Waals surface area contributed by atoms with Gasteiger partial charge in [0.1, 0.15) is 5.82 Å². The summed E-state index contributed by atoms with van der Waals surface area (Å²) in [6.45, 7) is 1.85. The minimum absolute atomic E-state index is 0.135. The monoisotopic (exact) mass is 336 g/mol. The molecule has 1 atom stereocenters. The fraction of sp³-hybridized carbons (Fsp3) is 0.133. The van der Waals surface area contributed by atoms with Gasteiger partial charge in [-0.1, -0.05) is 40.2 Å². The Labute approximate surface area is 125 Å². The Hall–Kier alpha value is -1.88. The molecule has 1 amide bonds. The summed E-state index contributed by atoms with van der Waals surface area (Å²) in [7, 11) is 0. The van der Waals surface area contributed by atoms with Crippen LogP contribution in [0.2, 0.25) is 0 Å². The second-order valence-corrected chi connectivity index (χ2v) is 5.27. The van der Waals surface area contributed by atoms with E-state index in [1.807, 2.05) is 31.2 Å². The van der Waals surface area contributed by atoms with Crippen LogP contribution in [0.1, 0.15) is 28.9 Å². The topological polar surface area (TPSA) is 55.1 Å². The van der Waals surface area contributed by atoms with Gasteiger partial charge in [0.15, 0.2) is 0 Å². The lowest BCUT2D eigenvalue weighted by Crippen LogP contribution is -2.27. The lowest BCUT2D eigenvalue weighted by atomic mass is 10.1. The highest BCUT2D eigenvalue weighted by molar-refractivity contribution is 9.10. The molecule has 3 nitrogen and oxygen atoms in total. The summed E-state index contributed by atoms with van der Waals surface area (Å²) in [6.07, 6.45) is 0. The summed E-state index contributed by atoms with van der Waals surface area (Å²) < 4.78 is 14.3. The molecule has 0 spiro atoms. The maximum Gasteiger partial charge on any atom is 0.253 e. The number of rotatable bonds is 3. The number of carbonyl (C=O) groups is 1. The van der Waals surface area contributed by atoms with E-state index in [0.717, 1.165) is 10.0 Å². The van der Waals surface area contributed by atoms with Gasteiger partial charge in [-0.15, -0.1) is 0 Å². The van der Waals surface area contributed by atoms with Crippen LogP contribution >= 0.6 is 15.9 Å². The molecule has 2 aromatic rings. The van der Waals surface area contributed by atoms with Crippen molar-refractivity contribution in [3.8, 4) is 0 Å². The Kier molecular flexibility index (Phi) is 4.39. The average Bonchev–Trinajstić information content (AvgIpc) is 2.42. The number of hydrogen-bond acceptors (Lipinski definition) is 2. The highest BCUT2D eigenvalue weighted by atomic mass is 79.9. The summed E-state index contributed by atoms with van der Waals surface area (Å²) in [5, 5.41) is 2.81. The van der Waals surface area contributed by atoms with E-state index in [2.05, 4.69) is 21.2 Å². The fourth-order valence-electron chi connectivity index (χ4n) is 1.91. The van der Waals surface area contributed by atoms with Gasteiger partial charge in [0.25, 0.3) is 5.91 Å². The first-order valence-corrected chi connectivity index (χ1v) is 6.89. The molecule has 0 aliphatic carbocycles. The largest absolute Gasteiger partial charge is 0.396 e. The Balaban J connectivity index is 2.20. The van der Waals surface area contributed by atoms with Gasteiger partial charge >= 0.3 is 0 Å². The Morgan fingerprint density at radius 2 is 1.95 bits per heavy atom. The number of para-hydroxylation sites is 1. The number of benzene rings is 2. The van der Waals surface area contributed by atoms with Crippen molar-refractivity contribution >= 4 is 27.5 Å². The molecule has 5 heteroatoms. The van der Waals surface area contributed by atoms with Crippen LogP contribution in [-0.2, 0) is 0 Å². The van der Waals surface area contributed by atoms with Crippen LogP contribution in [0.25, 0.3) is 0 Å². The number of amides is 1. The van der Waals surface area contributed by atoms with Crippen LogP contribution in [0.5, 0.6) is 0 Å². The molecule has 2 aromatic carbocycles. The average molecular weight is 337 g/mol. The van der Waals surface area contributed by atoms with Crippen molar-refractivity contribution in [2.75, 3.05) is 5.73 Å². The highest BCUT2D eigenvalue weighted by Crippen LogP contribution is 2.23. The van der Waals surface area contributed by atoms with Gasteiger partial charge in [0.05, 0.1) is 17.3 Å². The van der Waals surface area contributed by atoms with Gasteiger partial charge in [-0.3, -0.25) is 4.79 Å². The van der Waals surface area contributed by atoms with Crippen LogP contribution in [-0.4, -0.2) is 5.91 Å². The summed E-state index contributed by atoms with van der Waals surface area (Å²) in [5.74, 6) is -0.989. The second-order valence-electron chi connectivity index (χ2n) is 4.42. The first-order chi connectivity index (χ1) is 9.50. The van der Waals surface area contributed by atoms with Crippen molar-refractivity contribution in [1.29, 1.82) is 0 Å². The minimum Gasteiger partial charge on any atom is -0.396 e. The molecule has 0 aliphatic heterocycles. The van der Waals surface area contributed by atoms with E-state index in [0.29, 0.717) is 0 Å². The molecule has 0 bridgehead atoms. The zero-order valence-corrected chi connectivity index (χ0v) is 12.4. The first kappa shape index (κ1) is 14.5. The molecule has 0 aliphatic rings. The third-order valence-electron chi connectivity index (χ3n) is 3.02. The predicted molar refractivity (Wildman–Crippen MR) is 80.8 cm³/mol. The Morgan fingerprint density at radius 3 is 2.65 bits per heavy atom. The fourth-order valence-corrected chi connectivity index (χ4v) is 2.54. The molecule has 0 saturated heterocycles. The van der Waals surface area contributed by atoms with E-state index < -0.39 is 11.7 Å². The van der Waals surface area contributed by atoms with Crippen LogP contribution in [0, 0.1) is 5.82 Å². The number of nitrogens with one attached hydrogen (secondary N) is 1. The number of nitrogens with two attached hydrogens (primary N) is 1. The number of carbonyl (C=O) groups excluding carboxylic acids is 1. The zero-order chi connectivity index (χ0) is 14.7. The van der Waals surface area contributed by atoms with Gasteiger partial charge in [0, 0.05) is 4.47 Å². The second kappa shape index (κ2) is 6.05. The molecular weight excluding hydrogens is 323 g/mol. The first-order valence-electron chi connectivity index (χ1n) is 6.10. The summed E-state index contributed by atoms with van der Waals surface area (Å²) in [5.41, 5.74) is 6.53. The number of halogens is 2. The van der Waals surface area contributed by atoms with Crippen molar-refractivity contribution in [2.24, 2.45) is 0 Å². The highest BCUT2D eigenvalue weighted by Gasteiger charge is 2.16. The molecule has 0 fully saturated rings. The van der Waals surface area contributed by atoms with E-state index in [1.54, 1.807) is 0 Å². The zero-order valence-electron chi connectivity index (χ0n) is 10.9. The third kappa shape index (κ3) is 2.99. The maximum absolute atomic E-state index is 13.4. The van der Waals surface area contributed by atoms with Gasteiger partial charge in [-0.05, 0) is 30.7 Å². The van der Waals surface area contributed by atoms with Crippen molar-refractivity contribution in [1.82, 2.24) is 5.32 Å². The molecule has 0 saturated carbocycles. The van der Waals surface area contributed by atoms with Crippen LogP contribution in [0.3, 0.4) is 0 Å². The third-order valence-corrected chi connectivity index (χ3v) is 3.74. The molecular formula is C15H14BrFN2O. The summed E-state index contributed by atoms with van der Waals surface area (Å²) >= 11 is 3.43. The van der Waals surface area contributed by atoms with E-state index in [-0.39, 0.29) is 17.3 Å². The van der Waals surface area contributed by atoms with Crippen LogP contribution < -0.4 is 11.1 Å². The standard InChI is InChI=1S/C15H14BrFN2O/c1-9(10-5-2-3-7-12(10)16)19-15(20)11-6-4-8-13(17)14(11)18/h2-9H,18H2,1H3,(H,19,20)/t9-/m0/s1. The van der Waals surface area contributed by atoms with Crippen molar-refractivity contribution in [3.63, 3.8) is 0 Å². The Morgan fingerprint density at radius 1 is 1.25 bits per heavy atom. The smallest absolute Gasteiger partial charge is 0.253 e. The maximum atomic E-state index is 13.4. The van der Waals surface area contributed by atoms with Crippen molar-refractivity contribution in [2.45, 2.75) is 13.0 Å². The summed E-state index contributed by atoms with van der Waals surface area (Å²) in [4.78, 5) is 12.1. The lowest BCUT2D eigenvalue weighted by molar-refractivity contribution is 0.0940. The number of nitrogen functional groups attached to an aromatic ring is 1. The predicted octanol–water partition coefficient (Wildman–Crippen LogP) is 3.66. The minimum atomic E-state index is -0.591. The molecule has 0 radical (unpaired) electrons. The Bertz CT molecular complexity index is 646. The SMILES string of the molecule is C[C@H](NC(=O)c1cccc(F)c1N)c1ccccc1Br.